The number of amides is 2. The average molecular weight is 324 g/mol. The van der Waals surface area contributed by atoms with E-state index in [0.29, 0.717) is 37.7 Å². The summed E-state index contributed by atoms with van der Waals surface area (Å²) in [5, 5.41) is 8.04. The second-order valence-corrected chi connectivity index (χ2v) is 6.59. The minimum atomic E-state index is -0.225. The Bertz CT molecular complexity index is 497. The highest BCUT2D eigenvalue weighted by Crippen LogP contribution is 2.25. The lowest BCUT2D eigenvalue weighted by atomic mass is 9.87. The molecule has 6 nitrogen and oxygen atoms in total. The van der Waals surface area contributed by atoms with Crippen molar-refractivity contribution < 1.29 is 9.59 Å². The summed E-state index contributed by atoms with van der Waals surface area (Å²) >= 11 is 1.37. The Morgan fingerprint density at radius 3 is 2.64 bits per heavy atom. The van der Waals surface area contributed by atoms with E-state index >= 15 is 0 Å². The van der Waals surface area contributed by atoms with Gasteiger partial charge < -0.3 is 16.4 Å². The first-order valence-corrected chi connectivity index (χ1v) is 8.76. The third-order valence-electron chi connectivity index (χ3n) is 3.89. The topological polar surface area (TPSA) is 97.1 Å². The standard InChI is InChI=1S/C15H24N4O2S/c16-9-14-19-12(10-22-14)15(21)18-7-6-17-13(20)8-11-4-2-1-3-5-11/h10-11H,1-9,16H2,(H,17,20)(H,18,21). The molecule has 0 atom stereocenters. The summed E-state index contributed by atoms with van der Waals surface area (Å²) in [4.78, 5) is 27.7. The van der Waals surface area contributed by atoms with Crippen molar-refractivity contribution >= 4 is 23.2 Å². The Balaban J connectivity index is 1.59. The fourth-order valence-electron chi connectivity index (χ4n) is 2.70. The number of nitrogens with zero attached hydrogens (tertiary/aromatic N) is 1. The Hall–Kier alpha value is -1.47. The second-order valence-electron chi connectivity index (χ2n) is 5.64. The van der Waals surface area contributed by atoms with Crippen LogP contribution in [0.4, 0.5) is 0 Å². The molecule has 1 heterocycles. The molecule has 2 amide bonds. The van der Waals surface area contributed by atoms with Gasteiger partial charge >= 0.3 is 0 Å². The van der Waals surface area contributed by atoms with Crippen LogP contribution in [0.25, 0.3) is 0 Å². The summed E-state index contributed by atoms with van der Waals surface area (Å²) in [6.45, 7) is 1.20. The van der Waals surface area contributed by atoms with Gasteiger partial charge in [-0.05, 0) is 18.8 Å². The largest absolute Gasteiger partial charge is 0.354 e. The molecule has 0 unspecified atom stereocenters. The van der Waals surface area contributed by atoms with E-state index in [1.54, 1.807) is 5.38 Å². The highest BCUT2D eigenvalue weighted by molar-refractivity contribution is 7.09. The van der Waals surface area contributed by atoms with Gasteiger partial charge in [0.2, 0.25) is 5.91 Å². The van der Waals surface area contributed by atoms with Gasteiger partial charge in [-0.1, -0.05) is 19.3 Å². The van der Waals surface area contributed by atoms with Gasteiger partial charge in [-0.3, -0.25) is 9.59 Å². The summed E-state index contributed by atoms with van der Waals surface area (Å²) in [6, 6.07) is 0. The van der Waals surface area contributed by atoms with Crippen LogP contribution < -0.4 is 16.4 Å². The zero-order valence-electron chi connectivity index (χ0n) is 12.8. The Labute approximate surface area is 134 Å². The average Bonchev–Trinajstić information content (AvgIpc) is 3.01. The maximum absolute atomic E-state index is 11.8. The SMILES string of the molecule is NCc1nc(C(=O)NCCNC(=O)CC2CCCCC2)cs1. The van der Waals surface area contributed by atoms with E-state index in [1.165, 1.54) is 30.6 Å². The predicted molar refractivity (Wildman–Crippen MR) is 86.5 cm³/mol. The number of nitrogens with two attached hydrogens (primary N) is 1. The van der Waals surface area contributed by atoms with E-state index in [4.69, 9.17) is 5.73 Å². The molecule has 7 heteroatoms. The molecule has 1 aliphatic rings. The van der Waals surface area contributed by atoms with Gasteiger partial charge in [0.1, 0.15) is 10.7 Å². The van der Waals surface area contributed by atoms with E-state index in [0.717, 1.165) is 17.8 Å². The first kappa shape index (κ1) is 16.9. The van der Waals surface area contributed by atoms with Gasteiger partial charge in [0.15, 0.2) is 0 Å². The molecule has 4 N–H and O–H groups in total. The fourth-order valence-corrected chi connectivity index (χ4v) is 3.36. The molecule has 1 aliphatic carbocycles. The van der Waals surface area contributed by atoms with Crippen molar-refractivity contribution in [3.8, 4) is 0 Å². The zero-order chi connectivity index (χ0) is 15.8. The van der Waals surface area contributed by atoms with Crippen LogP contribution in [0.1, 0.15) is 54.0 Å². The number of thiazole rings is 1. The van der Waals surface area contributed by atoms with E-state index in [9.17, 15) is 9.59 Å². The molecule has 0 spiro atoms. The highest BCUT2D eigenvalue weighted by Gasteiger charge is 2.16. The smallest absolute Gasteiger partial charge is 0.270 e. The molecule has 2 rings (SSSR count). The number of aromatic nitrogens is 1. The van der Waals surface area contributed by atoms with Crippen LogP contribution in [0.2, 0.25) is 0 Å². The molecule has 22 heavy (non-hydrogen) atoms. The summed E-state index contributed by atoms with van der Waals surface area (Å²) in [7, 11) is 0. The second kappa shape index (κ2) is 8.85. The van der Waals surface area contributed by atoms with Crippen LogP contribution in [0.5, 0.6) is 0 Å². The Kier molecular flexibility index (Phi) is 6.79. The van der Waals surface area contributed by atoms with Crippen LogP contribution >= 0.6 is 11.3 Å². The number of carbonyl (C=O) groups is 2. The molecule has 1 aromatic heterocycles. The van der Waals surface area contributed by atoms with E-state index in [-0.39, 0.29) is 11.8 Å². The molecular formula is C15H24N4O2S. The van der Waals surface area contributed by atoms with E-state index in [2.05, 4.69) is 15.6 Å². The number of hydrogen-bond acceptors (Lipinski definition) is 5. The van der Waals surface area contributed by atoms with Crippen molar-refractivity contribution in [2.75, 3.05) is 13.1 Å². The molecule has 1 aromatic rings. The van der Waals surface area contributed by atoms with Crippen molar-refractivity contribution in [1.82, 2.24) is 15.6 Å². The summed E-state index contributed by atoms with van der Waals surface area (Å²) < 4.78 is 0. The quantitative estimate of drug-likeness (QED) is 0.661. The molecule has 0 saturated heterocycles. The zero-order valence-corrected chi connectivity index (χ0v) is 13.6. The lowest BCUT2D eigenvalue weighted by Crippen LogP contribution is -2.35. The first-order chi connectivity index (χ1) is 10.7. The fraction of sp³-hybridized carbons (Fsp3) is 0.667. The predicted octanol–water partition coefficient (Wildman–Crippen LogP) is 1.42. The number of hydrogen-bond donors (Lipinski definition) is 3. The van der Waals surface area contributed by atoms with Crippen molar-refractivity contribution in [2.24, 2.45) is 11.7 Å². The first-order valence-electron chi connectivity index (χ1n) is 7.88. The monoisotopic (exact) mass is 324 g/mol. The van der Waals surface area contributed by atoms with Crippen molar-refractivity contribution in [2.45, 2.75) is 45.1 Å². The molecule has 1 saturated carbocycles. The van der Waals surface area contributed by atoms with Crippen LogP contribution in [0, 0.1) is 5.92 Å². The molecule has 0 bridgehead atoms. The van der Waals surface area contributed by atoms with Crippen molar-refractivity contribution in [3.05, 3.63) is 16.1 Å². The third-order valence-corrected chi connectivity index (χ3v) is 4.76. The summed E-state index contributed by atoms with van der Waals surface area (Å²) in [5.74, 6) is 0.394. The van der Waals surface area contributed by atoms with Gasteiger partial charge in [-0.15, -0.1) is 11.3 Å². The maximum Gasteiger partial charge on any atom is 0.270 e. The minimum Gasteiger partial charge on any atom is -0.354 e. The summed E-state index contributed by atoms with van der Waals surface area (Å²) in [6.07, 6.45) is 6.72. The van der Waals surface area contributed by atoms with Crippen molar-refractivity contribution in [1.29, 1.82) is 0 Å². The molecule has 0 aromatic carbocycles. The minimum absolute atomic E-state index is 0.0835. The van der Waals surface area contributed by atoms with Crippen LogP contribution in [-0.4, -0.2) is 29.9 Å². The lowest BCUT2D eigenvalue weighted by molar-refractivity contribution is -0.122. The van der Waals surface area contributed by atoms with Gasteiger partial charge in [-0.2, -0.15) is 0 Å². The van der Waals surface area contributed by atoms with Gasteiger partial charge in [-0.25, -0.2) is 4.98 Å². The van der Waals surface area contributed by atoms with Crippen LogP contribution in [-0.2, 0) is 11.3 Å². The Morgan fingerprint density at radius 2 is 1.95 bits per heavy atom. The number of rotatable bonds is 7. The lowest BCUT2D eigenvalue weighted by Gasteiger charge is -2.20. The van der Waals surface area contributed by atoms with E-state index in [1.807, 2.05) is 0 Å². The Morgan fingerprint density at radius 1 is 1.23 bits per heavy atom. The van der Waals surface area contributed by atoms with Gasteiger partial charge in [0.05, 0.1) is 0 Å². The normalized spacial score (nSPS) is 15.5. The summed E-state index contributed by atoms with van der Waals surface area (Å²) in [5.41, 5.74) is 5.85. The molecule has 1 fully saturated rings. The highest BCUT2D eigenvalue weighted by atomic mass is 32.1. The van der Waals surface area contributed by atoms with Gasteiger partial charge in [0, 0.05) is 31.4 Å². The number of carbonyl (C=O) groups excluding carboxylic acids is 2. The third kappa shape index (κ3) is 5.38. The van der Waals surface area contributed by atoms with E-state index < -0.39 is 0 Å². The van der Waals surface area contributed by atoms with Crippen molar-refractivity contribution in [3.63, 3.8) is 0 Å². The molecule has 122 valence electrons. The maximum atomic E-state index is 11.8. The van der Waals surface area contributed by atoms with Crippen LogP contribution in [0.15, 0.2) is 5.38 Å². The molecule has 0 aliphatic heterocycles. The number of nitrogens with one attached hydrogen (secondary N) is 2. The molecular weight excluding hydrogens is 300 g/mol. The molecule has 0 radical (unpaired) electrons. The van der Waals surface area contributed by atoms with Crippen LogP contribution in [0.3, 0.4) is 0 Å². The van der Waals surface area contributed by atoms with Gasteiger partial charge in [0.25, 0.3) is 5.91 Å².